The molecule has 2 N–H and O–H groups in total. The van der Waals surface area contributed by atoms with E-state index in [9.17, 15) is 18.0 Å². The van der Waals surface area contributed by atoms with Crippen molar-refractivity contribution in [3.8, 4) is 0 Å². The number of carboxylic acid groups (broad SMARTS) is 1. The Balaban J connectivity index is 2.49. The largest absolute Gasteiger partial charge is 0.478 e. The lowest BCUT2D eigenvalue weighted by molar-refractivity contribution is -0.137. The lowest BCUT2D eigenvalue weighted by Crippen LogP contribution is -2.07. The van der Waals surface area contributed by atoms with E-state index in [0.29, 0.717) is 36.2 Å². The molecule has 0 atom stereocenters. The summed E-state index contributed by atoms with van der Waals surface area (Å²) in [6.45, 7) is 0.519. The molecule has 6 heteroatoms. The van der Waals surface area contributed by atoms with Crippen molar-refractivity contribution in [2.75, 3.05) is 11.9 Å². The molecule has 0 bridgehead atoms. The summed E-state index contributed by atoms with van der Waals surface area (Å²) in [4.78, 5) is 10.7. The molecular weight excluding hydrogens is 259 g/mol. The van der Waals surface area contributed by atoms with E-state index in [1.807, 2.05) is 0 Å². The third-order valence-corrected chi connectivity index (χ3v) is 2.93. The standard InChI is InChI=1S/C13H12F3NO2/c14-13(15,16)9-3-4-10-8(6-12(18)19)2-1-5-17-11(10)7-9/h3-4,6-7,17H,1-2,5H2,(H,18,19). The molecule has 0 fully saturated rings. The molecule has 0 aromatic heterocycles. The van der Waals surface area contributed by atoms with Gasteiger partial charge in [0.15, 0.2) is 0 Å². The van der Waals surface area contributed by atoms with Crippen LogP contribution in [-0.2, 0) is 11.0 Å². The van der Waals surface area contributed by atoms with Crippen molar-refractivity contribution < 1.29 is 23.1 Å². The van der Waals surface area contributed by atoms with Crippen molar-refractivity contribution in [3.63, 3.8) is 0 Å². The van der Waals surface area contributed by atoms with Crippen LogP contribution in [0.2, 0.25) is 0 Å². The molecule has 1 aliphatic rings. The summed E-state index contributed by atoms with van der Waals surface area (Å²) in [5.74, 6) is -1.09. The molecule has 102 valence electrons. The van der Waals surface area contributed by atoms with Gasteiger partial charge in [-0.2, -0.15) is 13.2 Å². The van der Waals surface area contributed by atoms with E-state index in [0.717, 1.165) is 18.2 Å². The lowest BCUT2D eigenvalue weighted by Gasteiger charge is -2.13. The second-order valence-electron chi connectivity index (χ2n) is 4.30. The quantitative estimate of drug-likeness (QED) is 0.770. The van der Waals surface area contributed by atoms with Gasteiger partial charge in [-0.25, -0.2) is 4.79 Å². The minimum Gasteiger partial charge on any atom is -0.478 e. The number of anilines is 1. The summed E-state index contributed by atoms with van der Waals surface area (Å²) >= 11 is 0. The highest BCUT2D eigenvalue weighted by atomic mass is 19.4. The average Bonchev–Trinajstić information content (AvgIpc) is 2.49. The number of benzene rings is 1. The van der Waals surface area contributed by atoms with Gasteiger partial charge in [0.2, 0.25) is 0 Å². The number of nitrogens with one attached hydrogen (secondary N) is 1. The van der Waals surface area contributed by atoms with Crippen LogP contribution in [0.5, 0.6) is 0 Å². The first-order valence-corrected chi connectivity index (χ1v) is 5.77. The van der Waals surface area contributed by atoms with Gasteiger partial charge in [-0.15, -0.1) is 0 Å². The first kappa shape index (κ1) is 13.5. The van der Waals surface area contributed by atoms with E-state index in [4.69, 9.17) is 5.11 Å². The Labute approximate surface area is 107 Å². The number of hydrogen-bond donors (Lipinski definition) is 2. The maximum Gasteiger partial charge on any atom is 0.416 e. The number of allylic oxidation sites excluding steroid dienone is 1. The predicted octanol–water partition coefficient (Wildman–Crippen LogP) is 3.38. The van der Waals surface area contributed by atoms with E-state index in [-0.39, 0.29) is 0 Å². The van der Waals surface area contributed by atoms with E-state index >= 15 is 0 Å². The molecule has 0 aliphatic carbocycles. The van der Waals surface area contributed by atoms with Gasteiger partial charge < -0.3 is 10.4 Å². The summed E-state index contributed by atoms with van der Waals surface area (Å²) in [6, 6.07) is 3.32. The SMILES string of the molecule is O=C(O)C=C1CCCNc2cc(C(F)(F)F)ccc21. The van der Waals surface area contributed by atoms with E-state index < -0.39 is 17.7 Å². The summed E-state index contributed by atoms with van der Waals surface area (Å²) in [7, 11) is 0. The highest BCUT2D eigenvalue weighted by Gasteiger charge is 2.31. The van der Waals surface area contributed by atoms with Gasteiger partial charge in [-0.1, -0.05) is 6.07 Å². The Morgan fingerprint density at radius 1 is 1.37 bits per heavy atom. The second kappa shape index (κ2) is 4.95. The highest BCUT2D eigenvalue weighted by Crippen LogP contribution is 2.36. The zero-order chi connectivity index (χ0) is 14.0. The van der Waals surface area contributed by atoms with E-state index in [1.54, 1.807) is 0 Å². The first-order valence-electron chi connectivity index (χ1n) is 5.77. The van der Waals surface area contributed by atoms with Crippen LogP contribution >= 0.6 is 0 Å². The summed E-state index contributed by atoms with van der Waals surface area (Å²) in [5, 5.41) is 11.7. The topological polar surface area (TPSA) is 49.3 Å². The predicted molar refractivity (Wildman–Crippen MR) is 64.8 cm³/mol. The Hall–Kier alpha value is -1.98. The van der Waals surface area contributed by atoms with Gasteiger partial charge in [0.25, 0.3) is 0 Å². The molecule has 19 heavy (non-hydrogen) atoms. The smallest absolute Gasteiger partial charge is 0.416 e. The van der Waals surface area contributed by atoms with Gasteiger partial charge in [-0.3, -0.25) is 0 Å². The molecule has 1 aromatic rings. The summed E-state index contributed by atoms with van der Waals surface area (Å²) < 4.78 is 37.9. The van der Waals surface area contributed by atoms with E-state index in [2.05, 4.69) is 5.32 Å². The van der Waals surface area contributed by atoms with E-state index in [1.165, 1.54) is 6.07 Å². The van der Waals surface area contributed by atoms with Crippen molar-refractivity contribution in [1.82, 2.24) is 0 Å². The van der Waals surface area contributed by atoms with Gasteiger partial charge in [0, 0.05) is 23.9 Å². The summed E-state index contributed by atoms with van der Waals surface area (Å²) in [6.07, 6.45) is -2.15. The third-order valence-electron chi connectivity index (χ3n) is 2.93. The monoisotopic (exact) mass is 271 g/mol. The van der Waals surface area contributed by atoms with Crippen molar-refractivity contribution in [2.45, 2.75) is 19.0 Å². The summed E-state index contributed by atoms with van der Waals surface area (Å²) in [5.41, 5.74) is 0.657. The number of alkyl halides is 3. The van der Waals surface area contributed by atoms with Crippen molar-refractivity contribution in [1.29, 1.82) is 0 Å². The Morgan fingerprint density at radius 2 is 2.11 bits per heavy atom. The second-order valence-corrected chi connectivity index (χ2v) is 4.30. The fourth-order valence-corrected chi connectivity index (χ4v) is 2.08. The number of fused-ring (bicyclic) bond motifs is 1. The Morgan fingerprint density at radius 3 is 2.74 bits per heavy atom. The van der Waals surface area contributed by atoms with Gasteiger partial charge in [-0.05, 0) is 30.5 Å². The third kappa shape index (κ3) is 3.07. The zero-order valence-electron chi connectivity index (χ0n) is 9.92. The Bertz CT molecular complexity index is 535. The molecule has 0 radical (unpaired) electrons. The van der Waals surface area contributed by atoms with Gasteiger partial charge in [0.1, 0.15) is 0 Å². The number of halogens is 3. The number of carboxylic acids is 1. The lowest BCUT2D eigenvalue weighted by atomic mass is 9.99. The van der Waals surface area contributed by atoms with Crippen LogP contribution in [0.3, 0.4) is 0 Å². The van der Waals surface area contributed by atoms with Gasteiger partial charge >= 0.3 is 12.1 Å². The number of rotatable bonds is 1. The molecule has 0 saturated heterocycles. The van der Waals surface area contributed by atoms with Gasteiger partial charge in [0.05, 0.1) is 5.56 Å². The molecule has 0 saturated carbocycles. The molecule has 0 unspecified atom stereocenters. The van der Waals surface area contributed by atoms with Crippen molar-refractivity contribution in [2.24, 2.45) is 0 Å². The van der Waals surface area contributed by atoms with Crippen LogP contribution in [-0.4, -0.2) is 17.6 Å². The average molecular weight is 271 g/mol. The van der Waals surface area contributed by atoms with Crippen LogP contribution < -0.4 is 5.32 Å². The molecule has 1 aromatic carbocycles. The molecule has 3 nitrogen and oxygen atoms in total. The maximum atomic E-state index is 12.6. The van der Waals surface area contributed by atoms with Crippen molar-refractivity contribution in [3.05, 3.63) is 35.4 Å². The van der Waals surface area contributed by atoms with Crippen LogP contribution in [0.1, 0.15) is 24.0 Å². The molecular formula is C13H12F3NO2. The van der Waals surface area contributed by atoms with Crippen molar-refractivity contribution >= 4 is 17.2 Å². The molecule has 2 rings (SSSR count). The maximum absolute atomic E-state index is 12.6. The highest BCUT2D eigenvalue weighted by molar-refractivity contribution is 5.92. The zero-order valence-corrected chi connectivity index (χ0v) is 9.92. The molecule has 0 spiro atoms. The normalized spacial score (nSPS) is 17.5. The molecule has 1 heterocycles. The minimum atomic E-state index is -4.40. The van der Waals surface area contributed by atoms with Crippen LogP contribution in [0.15, 0.2) is 24.3 Å². The first-order chi connectivity index (χ1) is 8.88. The number of carbonyl (C=O) groups is 1. The van der Waals surface area contributed by atoms with Crippen LogP contribution in [0.4, 0.5) is 18.9 Å². The fourth-order valence-electron chi connectivity index (χ4n) is 2.08. The Kier molecular flexibility index (Phi) is 3.50. The molecule has 1 aliphatic heterocycles. The number of hydrogen-bond acceptors (Lipinski definition) is 2. The van der Waals surface area contributed by atoms with Crippen LogP contribution in [0, 0.1) is 0 Å². The minimum absolute atomic E-state index is 0.333. The van der Waals surface area contributed by atoms with Crippen LogP contribution in [0.25, 0.3) is 5.57 Å². The number of aliphatic carboxylic acids is 1. The molecule has 0 amide bonds. The fraction of sp³-hybridized carbons (Fsp3) is 0.308.